The number of hydrogen-bond donors (Lipinski definition) is 0. The van der Waals surface area contributed by atoms with Crippen molar-refractivity contribution in [3.05, 3.63) is 52.1 Å². The van der Waals surface area contributed by atoms with Gasteiger partial charge in [-0.3, -0.25) is 0 Å². The highest BCUT2D eigenvalue weighted by molar-refractivity contribution is 6.62. The van der Waals surface area contributed by atoms with Gasteiger partial charge in [-0.25, -0.2) is 0 Å². The average molecular weight is 345 g/mol. The van der Waals surface area contributed by atoms with E-state index in [0.717, 1.165) is 28.6 Å². The number of hydrogen-bond acceptors (Lipinski definition) is 3. The van der Waals surface area contributed by atoms with Crippen LogP contribution < -0.4 is 5.46 Å². The highest BCUT2D eigenvalue weighted by Crippen LogP contribution is 2.41. The molecular weight excluding hydrogens is 321 g/mol. The van der Waals surface area contributed by atoms with Gasteiger partial charge in [-0.15, -0.1) is 0 Å². The zero-order chi connectivity index (χ0) is 18.9. The van der Waals surface area contributed by atoms with E-state index in [1.165, 1.54) is 22.3 Å². The number of fused-ring (bicyclic) bond motifs is 3. The molecule has 4 heteroatoms. The van der Waals surface area contributed by atoms with E-state index in [-0.39, 0.29) is 18.3 Å². The van der Waals surface area contributed by atoms with E-state index in [1.807, 2.05) is 6.92 Å². The quantitative estimate of drug-likeness (QED) is 0.625. The van der Waals surface area contributed by atoms with Crippen molar-refractivity contribution in [1.29, 1.82) is 5.26 Å². The van der Waals surface area contributed by atoms with E-state index in [0.29, 0.717) is 0 Å². The van der Waals surface area contributed by atoms with E-state index in [4.69, 9.17) is 9.31 Å². The van der Waals surface area contributed by atoms with Crippen LogP contribution in [-0.2, 0) is 15.7 Å². The third kappa shape index (κ3) is 2.35. The van der Waals surface area contributed by atoms with Crippen LogP contribution in [0.5, 0.6) is 0 Å². The van der Waals surface area contributed by atoms with Crippen LogP contribution in [0, 0.1) is 25.2 Å². The van der Waals surface area contributed by atoms with Gasteiger partial charge < -0.3 is 9.31 Å². The first kappa shape index (κ1) is 17.3. The first-order chi connectivity index (χ1) is 12.1. The standard InChI is InChI=1S/C22H24BNO2/c1-13-9-19-17-8-7-16(23-25-21(3,4)22(5,6)26-23)10-15(17)11-18(19)14(2)20(13)12-24/h7-10H,11H2,1-6H3. The zero-order valence-electron chi connectivity index (χ0n) is 16.4. The van der Waals surface area contributed by atoms with Crippen molar-refractivity contribution in [2.75, 3.05) is 0 Å². The maximum atomic E-state index is 9.45. The van der Waals surface area contributed by atoms with E-state index < -0.39 is 0 Å². The molecule has 1 saturated heterocycles. The minimum absolute atomic E-state index is 0.338. The largest absolute Gasteiger partial charge is 0.494 e. The molecule has 0 radical (unpaired) electrons. The summed E-state index contributed by atoms with van der Waals surface area (Å²) in [5.41, 5.74) is 8.42. The molecule has 4 rings (SSSR count). The van der Waals surface area contributed by atoms with Crippen molar-refractivity contribution in [3.63, 3.8) is 0 Å². The fraction of sp³-hybridized carbons (Fsp3) is 0.409. The molecule has 2 aromatic carbocycles. The normalized spacial score (nSPS) is 19.2. The first-order valence-corrected chi connectivity index (χ1v) is 9.16. The van der Waals surface area contributed by atoms with Gasteiger partial charge in [-0.2, -0.15) is 5.26 Å². The molecule has 3 nitrogen and oxygen atoms in total. The molecule has 0 bridgehead atoms. The van der Waals surface area contributed by atoms with E-state index in [2.05, 4.69) is 65.0 Å². The van der Waals surface area contributed by atoms with Crippen molar-refractivity contribution in [2.24, 2.45) is 0 Å². The Balaban J connectivity index is 1.74. The summed E-state index contributed by atoms with van der Waals surface area (Å²) in [7, 11) is -0.341. The highest BCUT2D eigenvalue weighted by Gasteiger charge is 2.51. The Morgan fingerprint density at radius 2 is 1.65 bits per heavy atom. The van der Waals surface area contributed by atoms with Gasteiger partial charge in [0.2, 0.25) is 0 Å². The summed E-state index contributed by atoms with van der Waals surface area (Å²) in [6, 6.07) is 11.0. The summed E-state index contributed by atoms with van der Waals surface area (Å²) < 4.78 is 12.4. The molecule has 1 aliphatic heterocycles. The minimum atomic E-state index is -0.341. The van der Waals surface area contributed by atoms with E-state index in [1.54, 1.807) is 0 Å². The second-order valence-corrected chi connectivity index (χ2v) is 8.51. The number of benzene rings is 2. The van der Waals surface area contributed by atoms with Crippen molar-refractivity contribution in [2.45, 2.75) is 59.2 Å². The fourth-order valence-corrected chi connectivity index (χ4v) is 4.00. The molecule has 2 aliphatic rings. The van der Waals surface area contributed by atoms with Gasteiger partial charge >= 0.3 is 7.12 Å². The minimum Gasteiger partial charge on any atom is -0.399 e. The molecule has 0 aromatic heterocycles. The summed E-state index contributed by atoms with van der Waals surface area (Å²) in [4.78, 5) is 0. The molecule has 2 aromatic rings. The summed E-state index contributed by atoms with van der Waals surface area (Å²) in [5.74, 6) is 0. The predicted octanol–water partition coefficient (Wildman–Crippen LogP) is 4.05. The number of rotatable bonds is 1. The highest BCUT2D eigenvalue weighted by atomic mass is 16.7. The Morgan fingerprint density at radius 3 is 2.27 bits per heavy atom. The lowest BCUT2D eigenvalue weighted by molar-refractivity contribution is 0.00578. The Labute approximate surface area is 156 Å². The summed E-state index contributed by atoms with van der Waals surface area (Å²) in [6.07, 6.45) is 0.860. The van der Waals surface area contributed by atoms with Gasteiger partial charge in [0.1, 0.15) is 0 Å². The van der Waals surface area contributed by atoms with Crippen LogP contribution in [0.4, 0.5) is 0 Å². The molecular formula is C22H24BNO2. The van der Waals surface area contributed by atoms with E-state index in [9.17, 15) is 5.26 Å². The summed E-state index contributed by atoms with van der Waals surface area (Å²) in [6.45, 7) is 12.4. The zero-order valence-corrected chi connectivity index (χ0v) is 16.4. The molecule has 1 heterocycles. The lowest BCUT2D eigenvalue weighted by Crippen LogP contribution is -2.41. The molecule has 132 valence electrons. The molecule has 0 saturated carbocycles. The Bertz CT molecular complexity index is 953. The molecule has 26 heavy (non-hydrogen) atoms. The third-order valence-electron chi connectivity index (χ3n) is 6.33. The molecule has 0 spiro atoms. The van der Waals surface area contributed by atoms with Crippen LogP contribution in [0.2, 0.25) is 0 Å². The van der Waals surface area contributed by atoms with Crippen LogP contribution in [0.15, 0.2) is 24.3 Å². The van der Waals surface area contributed by atoms with Crippen molar-refractivity contribution >= 4 is 12.6 Å². The predicted molar refractivity (Wildman–Crippen MR) is 105 cm³/mol. The molecule has 0 N–H and O–H groups in total. The van der Waals surface area contributed by atoms with Gasteiger partial charge in [-0.05, 0) is 92.9 Å². The topological polar surface area (TPSA) is 42.2 Å². The van der Waals surface area contributed by atoms with Gasteiger partial charge in [0.05, 0.1) is 22.8 Å². The lowest BCUT2D eigenvalue weighted by Gasteiger charge is -2.32. The van der Waals surface area contributed by atoms with Gasteiger partial charge in [0, 0.05) is 0 Å². The fourth-order valence-electron chi connectivity index (χ4n) is 4.00. The SMILES string of the molecule is Cc1cc2c(c(C)c1C#N)Cc1cc(B3OC(C)(C)C(C)(C)O3)ccc1-2. The molecule has 0 unspecified atom stereocenters. The number of nitriles is 1. The first-order valence-electron chi connectivity index (χ1n) is 9.16. The molecule has 1 fully saturated rings. The lowest BCUT2D eigenvalue weighted by atomic mass is 9.78. The van der Waals surface area contributed by atoms with Crippen LogP contribution in [-0.4, -0.2) is 18.3 Å². The molecule has 0 amide bonds. The number of nitrogens with zero attached hydrogens (tertiary/aromatic N) is 1. The monoisotopic (exact) mass is 345 g/mol. The average Bonchev–Trinajstić information content (AvgIpc) is 3.02. The summed E-state index contributed by atoms with van der Waals surface area (Å²) in [5, 5.41) is 9.45. The maximum absolute atomic E-state index is 9.45. The van der Waals surface area contributed by atoms with Gasteiger partial charge in [0.25, 0.3) is 0 Å². The molecule has 1 aliphatic carbocycles. The van der Waals surface area contributed by atoms with Gasteiger partial charge in [0.15, 0.2) is 0 Å². The third-order valence-corrected chi connectivity index (χ3v) is 6.33. The Hall–Kier alpha value is -2.09. The van der Waals surface area contributed by atoms with Crippen LogP contribution >= 0.6 is 0 Å². The maximum Gasteiger partial charge on any atom is 0.494 e. The van der Waals surface area contributed by atoms with Crippen molar-refractivity contribution in [1.82, 2.24) is 0 Å². The second kappa shape index (κ2) is 5.46. The van der Waals surface area contributed by atoms with Crippen LogP contribution in [0.1, 0.15) is 55.5 Å². The second-order valence-electron chi connectivity index (χ2n) is 8.51. The van der Waals surface area contributed by atoms with Crippen molar-refractivity contribution < 1.29 is 9.31 Å². The van der Waals surface area contributed by atoms with Crippen LogP contribution in [0.3, 0.4) is 0 Å². The molecule has 0 atom stereocenters. The van der Waals surface area contributed by atoms with Crippen LogP contribution in [0.25, 0.3) is 11.1 Å². The Morgan fingerprint density at radius 1 is 1.00 bits per heavy atom. The van der Waals surface area contributed by atoms with Crippen molar-refractivity contribution in [3.8, 4) is 17.2 Å². The van der Waals surface area contributed by atoms with E-state index >= 15 is 0 Å². The summed E-state index contributed by atoms with van der Waals surface area (Å²) >= 11 is 0. The number of aryl methyl sites for hydroxylation is 1. The smallest absolute Gasteiger partial charge is 0.399 e. The Kier molecular flexibility index (Phi) is 3.64. The van der Waals surface area contributed by atoms with Gasteiger partial charge in [-0.1, -0.05) is 18.2 Å².